The topological polar surface area (TPSA) is 54.9 Å². The van der Waals surface area contributed by atoms with E-state index in [1.807, 2.05) is 17.0 Å². The second-order valence-corrected chi connectivity index (χ2v) is 7.64. The van der Waals surface area contributed by atoms with E-state index < -0.39 is 0 Å². The van der Waals surface area contributed by atoms with Crippen molar-refractivity contribution < 1.29 is 14.3 Å². The van der Waals surface area contributed by atoms with Gasteiger partial charge in [0.1, 0.15) is 0 Å². The Morgan fingerprint density at radius 2 is 1.96 bits per heavy atom. The average molecular weight is 345 g/mol. The van der Waals surface area contributed by atoms with Crippen LogP contribution in [0, 0.1) is 5.92 Å². The number of nitrogens with zero attached hydrogens (tertiary/aromatic N) is 3. The normalized spacial score (nSPS) is 22.8. The summed E-state index contributed by atoms with van der Waals surface area (Å²) < 4.78 is 12.0. The number of likely N-dealkylation sites (tertiary alicyclic amines) is 1. The Kier molecular flexibility index (Phi) is 3.29. The van der Waals surface area contributed by atoms with Crippen molar-refractivity contribution in [2.45, 2.75) is 19.3 Å². The molecule has 1 amide bonds. The summed E-state index contributed by atoms with van der Waals surface area (Å²) in [5.41, 5.74) is 0.938. The minimum Gasteiger partial charge on any atom is -0.454 e. The van der Waals surface area contributed by atoms with E-state index in [0.29, 0.717) is 5.91 Å². The molecule has 2 aromatic rings. The van der Waals surface area contributed by atoms with E-state index in [4.69, 9.17) is 14.5 Å². The molecule has 6 nitrogen and oxygen atoms in total. The highest BCUT2D eigenvalue weighted by molar-refractivity contribution is 7.22. The smallest absolute Gasteiger partial charge is 0.231 e. The molecule has 1 aromatic heterocycles. The molecule has 1 aromatic carbocycles. The summed E-state index contributed by atoms with van der Waals surface area (Å²) in [6, 6.07) is 3.95. The van der Waals surface area contributed by atoms with E-state index >= 15 is 0 Å². The lowest BCUT2D eigenvalue weighted by molar-refractivity contribution is -0.133. The van der Waals surface area contributed by atoms with Crippen LogP contribution in [0.4, 0.5) is 5.13 Å². The summed E-state index contributed by atoms with van der Waals surface area (Å²) in [5.74, 6) is 2.01. The van der Waals surface area contributed by atoms with Crippen LogP contribution in [0.1, 0.15) is 19.3 Å². The minimum absolute atomic E-state index is 0.117. The van der Waals surface area contributed by atoms with Crippen molar-refractivity contribution in [3.05, 3.63) is 12.1 Å². The van der Waals surface area contributed by atoms with E-state index in [-0.39, 0.29) is 12.7 Å². The third-order valence-corrected chi connectivity index (χ3v) is 6.18. The molecule has 2 saturated heterocycles. The molecule has 0 bridgehead atoms. The highest BCUT2D eigenvalue weighted by Crippen LogP contribution is 2.40. The monoisotopic (exact) mass is 345 g/mol. The average Bonchev–Trinajstić information content (AvgIpc) is 3.38. The second-order valence-electron chi connectivity index (χ2n) is 6.63. The lowest BCUT2D eigenvalue weighted by atomic mass is 10.1. The first-order valence-corrected chi connectivity index (χ1v) is 9.33. The zero-order valence-electron chi connectivity index (χ0n) is 13.4. The highest BCUT2D eigenvalue weighted by Gasteiger charge is 2.33. The Morgan fingerprint density at radius 1 is 1.17 bits per heavy atom. The number of ether oxygens (including phenoxy) is 2. The summed E-state index contributed by atoms with van der Waals surface area (Å²) in [4.78, 5) is 21.6. The van der Waals surface area contributed by atoms with Crippen LogP contribution in [0.5, 0.6) is 11.5 Å². The third kappa shape index (κ3) is 2.30. The van der Waals surface area contributed by atoms with Crippen molar-refractivity contribution >= 4 is 32.6 Å². The van der Waals surface area contributed by atoms with Gasteiger partial charge in [0, 0.05) is 38.3 Å². The van der Waals surface area contributed by atoms with Crippen LogP contribution in [0.15, 0.2) is 12.1 Å². The summed E-state index contributed by atoms with van der Waals surface area (Å²) in [6.07, 6.45) is 3.22. The molecule has 0 aliphatic carbocycles. The van der Waals surface area contributed by atoms with Gasteiger partial charge in [0.25, 0.3) is 0 Å². The predicted octanol–water partition coefficient (Wildman–Crippen LogP) is 2.47. The van der Waals surface area contributed by atoms with Gasteiger partial charge in [0.2, 0.25) is 12.7 Å². The molecule has 5 rings (SSSR count). The zero-order chi connectivity index (χ0) is 16.1. The Bertz CT molecular complexity index is 759. The zero-order valence-corrected chi connectivity index (χ0v) is 14.2. The summed E-state index contributed by atoms with van der Waals surface area (Å²) in [6.45, 7) is 3.83. The van der Waals surface area contributed by atoms with Gasteiger partial charge in [-0.2, -0.15) is 0 Å². The van der Waals surface area contributed by atoms with Gasteiger partial charge in [-0.15, -0.1) is 0 Å². The summed E-state index contributed by atoms with van der Waals surface area (Å²) in [7, 11) is 0. The van der Waals surface area contributed by atoms with Crippen LogP contribution in [0.3, 0.4) is 0 Å². The molecular weight excluding hydrogens is 326 g/mol. The van der Waals surface area contributed by atoms with Gasteiger partial charge in [-0.25, -0.2) is 4.98 Å². The molecule has 1 unspecified atom stereocenters. The number of thiazole rings is 1. The third-order valence-electron chi connectivity index (χ3n) is 5.10. The Balaban J connectivity index is 1.35. The van der Waals surface area contributed by atoms with Crippen LogP contribution < -0.4 is 14.4 Å². The maximum Gasteiger partial charge on any atom is 0.231 e. The molecule has 24 heavy (non-hydrogen) atoms. The fourth-order valence-corrected chi connectivity index (χ4v) is 4.78. The first kappa shape index (κ1) is 14.3. The van der Waals surface area contributed by atoms with Crippen molar-refractivity contribution in [3.8, 4) is 11.5 Å². The summed E-state index contributed by atoms with van der Waals surface area (Å²) >= 11 is 1.66. The number of benzene rings is 1. The number of hydrogen-bond acceptors (Lipinski definition) is 6. The van der Waals surface area contributed by atoms with Gasteiger partial charge in [0.15, 0.2) is 16.6 Å². The van der Waals surface area contributed by atoms with Crippen molar-refractivity contribution in [2.24, 2.45) is 5.92 Å². The molecule has 3 aliphatic heterocycles. The van der Waals surface area contributed by atoms with Gasteiger partial charge in [-0.1, -0.05) is 11.3 Å². The fraction of sp³-hybridized carbons (Fsp3) is 0.529. The largest absolute Gasteiger partial charge is 0.454 e. The number of carbonyl (C=O) groups is 1. The lowest BCUT2D eigenvalue weighted by Gasteiger charge is -2.20. The van der Waals surface area contributed by atoms with Crippen LogP contribution in [0.25, 0.3) is 10.2 Å². The van der Waals surface area contributed by atoms with E-state index in [9.17, 15) is 4.79 Å². The quantitative estimate of drug-likeness (QED) is 0.837. The van der Waals surface area contributed by atoms with Gasteiger partial charge in [-0.3, -0.25) is 4.79 Å². The maximum atomic E-state index is 12.6. The van der Waals surface area contributed by atoms with Crippen LogP contribution in [-0.4, -0.2) is 48.8 Å². The molecule has 0 spiro atoms. The fourth-order valence-electron chi connectivity index (χ4n) is 3.77. The number of rotatable bonds is 2. The Hall–Kier alpha value is -2.02. The molecule has 126 valence electrons. The molecule has 0 N–H and O–H groups in total. The van der Waals surface area contributed by atoms with Crippen molar-refractivity contribution in [1.29, 1.82) is 0 Å². The van der Waals surface area contributed by atoms with Gasteiger partial charge in [-0.05, 0) is 19.3 Å². The predicted molar refractivity (Wildman–Crippen MR) is 91.9 cm³/mol. The van der Waals surface area contributed by atoms with Crippen LogP contribution in [0.2, 0.25) is 0 Å². The molecule has 2 fully saturated rings. The number of carbonyl (C=O) groups excluding carboxylic acids is 1. The second kappa shape index (κ2) is 5.51. The number of hydrogen-bond donors (Lipinski definition) is 0. The van der Waals surface area contributed by atoms with E-state index in [1.54, 1.807) is 11.3 Å². The molecule has 3 aliphatic rings. The van der Waals surface area contributed by atoms with Crippen molar-refractivity contribution in [2.75, 3.05) is 37.9 Å². The highest BCUT2D eigenvalue weighted by atomic mass is 32.1. The first-order chi connectivity index (χ1) is 11.8. The first-order valence-electron chi connectivity index (χ1n) is 8.52. The number of anilines is 1. The Morgan fingerprint density at radius 3 is 2.79 bits per heavy atom. The number of amides is 1. The van der Waals surface area contributed by atoms with Crippen LogP contribution in [-0.2, 0) is 4.79 Å². The number of aromatic nitrogens is 1. The molecule has 4 heterocycles. The van der Waals surface area contributed by atoms with E-state index in [2.05, 4.69) is 4.90 Å². The standard InChI is InChI=1S/C17H19N3O3S/c21-16(19-4-1-2-5-19)11-3-6-20(9-11)17-18-12-7-13-14(23-10-22-13)8-15(12)24-17/h7-8,11H,1-6,9-10H2. The molecule has 0 saturated carbocycles. The van der Waals surface area contributed by atoms with Gasteiger partial charge < -0.3 is 19.3 Å². The minimum atomic E-state index is 0.117. The van der Waals surface area contributed by atoms with Gasteiger partial charge in [0.05, 0.1) is 16.1 Å². The molecular formula is C17H19N3O3S. The Labute approximate surface area is 144 Å². The number of fused-ring (bicyclic) bond motifs is 2. The van der Waals surface area contributed by atoms with Gasteiger partial charge >= 0.3 is 0 Å². The van der Waals surface area contributed by atoms with Crippen molar-refractivity contribution in [3.63, 3.8) is 0 Å². The molecule has 7 heteroatoms. The lowest BCUT2D eigenvalue weighted by Crippen LogP contribution is -2.35. The van der Waals surface area contributed by atoms with Crippen LogP contribution >= 0.6 is 11.3 Å². The van der Waals surface area contributed by atoms with Crippen molar-refractivity contribution in [1.82, 2.24) is 9.88 Å². The molecule has 0 radical (unpaired) electrons. The molecule has 1 atom stereocenters. The maximum absolute atomic E-state index is 12.6. The SMILES string of the molecule is O=C(C1CCN(c2nc3cc4c(cc3s2)OCO4)C1)N1CCCC1. The van der Waals surface area contributed by atoms with E-state index in [0.717, 1.165) is 72.3 Å². The summed E-state index contributed by atoms with van der Waals surface area (Å²) in [5, 5.41) is 0.991. The van der Waals surface area contributed by atoms with E-state index in [1.165, 1.54) is 0 Å².